The SMILES string of the molecule is O=C(Nc1ccccc1)Nc1ccc(C(=O)NCc2ccc(Cn3cncn3)cc2)s1. The highest BCUT2D eigenvalue weighted by atomic mass is 32.1. The molecule has 156 valence electrons. The molecule has 0 radical (unpaired) electrons. The maximum Gasteiger partial charge on any atom is 0.324 e. The van der Waals surface area contributed by atoms with Gasteiger partial charge in [0, 0.05) is 12.2 Å². The quantitative estimate of drug-likeness (QED) is 0.411. The number of anilines is 2. The van der Waals surface area contributed by atoms with Crippen LogP contribution in [0.5, 0.6) is 0 Å². The molecule has 0 aliphatic rings. The molecule has 0 saturated carbocycles. The van der Waals surface area contributed by atoms with Crippen molar-refractivity contribution in [1.29, 1.82) is 0 Å². The average molecular weight is 433 g/mol. The van der Waals surface area contributed by atoms with Crippen molar-refractivity contribution in [2.24, 2.45) is 0 Å². The zero-order valence-corrected chi connectivity index (χ0v) is 17.3. The Hall–Kier alpha value is -3.98. The Balaban J connectivity index is 1.26. The minimum Gasteiger partial charge on any atom is -0.347 e. The van der Waals surface area contributed by atoms with Gasteiger partial charge in [0.1, 0.15) is 12.7 Å². The first kappa shape index (κ1) is 20.3. The second-order valence-electron chi connectivity index (χ2n) is 6.70. The number of hydrogen-bond acceptors (Lipinski definition) is 5. The van der Waals surface area contributed by atoms with Crippen LogP contribution in [0.4, 0.5) is 15.5 Å². The number of benzene rings is 2. The van der Waals surface area contributed by atoms with E-state index in [-0.39, 0.29) is 11.9 Å². The third-order valence-corrected chi connectivity index (χ3v) is 5.38. The molecule has 31 heavy (non-hydrogen) atoms. The number of carbonyl (C=O) groups is 2. The largest absolute Gasteiger partial charge is 0.347 e. The molecule has 2 aromatic heterocycles. The van der Waals surface area contributed by atoms with E-state index in [1.807, 2.05) is 42.5 Å². The average Bonchev–Trinajstić information content (AvgIpc) is 3.46. The molecule has 0 aliphatic heterocycles. The standard InChI is InChI=1S/C22H20N6O2S/c29-21(24-12-16-6-8-17(9-7-16)13-28-15-23-14-25-28)19-10-11-20(31-19)27-22(30)26-18-4-2-1-3-5-18/h1-11,14-15H,12-13H2,(H,24,29)(H2,26,27,30). The Labute approximate surface area is 183 Å². The minimum atomic E-state index is -0.356. The third kappa shape index (κ3) is 5.77. The van der Waals surface area contributed by atoms with Crippen LogP contribution in [0.3, 0.4) is 0 Å². The fourth-order valence-electron chi connectivity index (χ4n) is 2.86. The Morgan fingerprint density at radius 1 is 0.903 bits per heavy atom. The van der Waals surface area contributed by atoms with Gasteiger partial charge in [0.15, 0.2) is 0 Å². The van der Waals surface area contributed by atoms with Crippen LogP contribution in [0.1, 0.15) is 20.8 Å². The van der Waals surface area contributed by atoms with Gasteiger partial charge in [0.25, 0.3) is 5.91 Å². The van der Waals surface area contributed by atoms with Gasteiger partial charge < -0.3 is 10.6 Å². The van der Waals surface area contributed by atoms with E-state index in [0.29, 0.717) is 28.7 Å². The van der Waals surface area contributed by atoms with Crippen LogP contribution in [0.15, 0.2) is 79.4 Å². The van der Waals surface area contributed by atoms with E-state index < -0.39 is 0 Å². The molecule has 3 N–H and O–H groups in total. The highest BCUT2D eigenvalue weighted by Crippen LogP contribution is 2.22. The lowest BCUT2D eigenvalue weighted by atomic mass is 10.1. The van der Waals surface area contributed by atoms with Gasteiger partial charge in [-0.25, -0.2) is 14.5 Å². The normalized spacial score (nSPS) is 10.5. The number of rotatable bonds is 7. The van der Waals surface area contributed by atoms with Gasteiger partial charge in [-0.1, -0.05) is 42.5 Å². The predicted octanol–water partition coefficient (Wildman–Crippen LogP) is 3.96. The highest BCUT2D eigenvalue weighted by molar-refractivity contribution is 7.18. The number of nitrogens with one attached hydrogen (secondary N) is 3. The van der Waals surface area contributed by atoms with Crippen molar-refractivity contribution >= 4 is 34.0 Å². The van der Waals surface area contributed by atoms with Gasteiger partial charge >= 0.3 is 6.03 Å². The third-order valence-electron chi connectivity index (χ3n) is 4.39. The zero-order valence-electron chi connectivity index (χ0n) is 16.5. The van der Waals surface area contributed by atoms with E-state index in [4.69, 9.17) is 0 Å². The fourth-order valence-corrected chi connectivity index (χ4v) is 3.67. The van der Waals surface area contributed by atoms with E-state index >= 15 is 0 Å². The molecule has 4 rings (SSSR count). The molecule has 9 heteroatoms. The van der Waals surface area contributed by atoms with Crippen molar-refractivity contribution in [2.45, 2.75) is 13.1 Å². The number of aromatic nitrogens is 3. The lowest BCUT2D eigenvalue weighted by Crippen LogP contribution is -2.21. The van der Waals surface area contributed by atoms with Crippen molar-refractivity contribution in [2.75, 3.05) is 10.6 Å². The summed E-state index contributed by atoms with van der Waals surface area (Å²) in [4.78, 5) is 29.0. The molecule has 4 aromatic rings. The summed E-state index contributed by atoms with van der Waals surface area (Å²) in [6.45, 7) is 1.06. The van der Waals surface area contributed by atoms with Gasteiger partial charge in [0.2, 0.25) is 0 Å². The van der Waals surface area contributed by atoms with Crippen molar-refractivity contribution in [3.8, 4) is 0 Å². The van der Waals surface area contributed by atoms with Crippen LogP contribution in [0, 0.1) is 0 Å². The van der Waals surface area contributed by atoms with E-state index in [1.165, 1.54) is 17.7 Å². The first-order valence-corrected chi connectivity index (χ1v) is 10.4. The summed E-state index contributed by atoms with van der Waals surface area (Å²) in [5, 5.41) is 13.1. The monoisotopic (exact) mass is 432 g/mol. The molecular weight excluding hydrogens is 412 g/mol. The number of amides is 3. The van der Waals surface area contributed by atoms with Crippen LogP contribution in [-0.4, -0.2) is 26.7 Å². The van der Waals surface area contributed by atoms with Crippen LogP contribution in [0.2, 0.25) is 0 Å². The van der Waals surface area contributed by atoms with Gasteiger partial charge in [-0.2, -0.15) is 5.10 Å². The zero-order chi connectivity index (χ0) is 21.5. The van der Waals surface area contributed by atoms with E-state index in [1.54, 1.807) is 35.3 Å². The second kappa shape index (κ2) is 9.68. The molecule has 8 nitrogen and oxygen atoms in total. The summed E-state index contributed by atoms with van der Waals surface area (Å²) < 4.78 is 1.75. The smallest absolute Gasteiger partial charge is 0.324 e. The van der Waals surface area contributed by atoms with Gasteiger partial charge in [-0.3, -0.25) is 10.1 Å². The summed E-state index contributed by atoms with van der Waals surface area (Å²) in [5.41, 5.74) is 2.79. The Bertz CT molecular complexity index is 1140. The van der Waals surface area contributed by atoms with Crippen molar-refractivity contribution < 1.29 is 9.59 Å². The van der Waals surface area contributed by atoms with Crippen molar-refractivity contribution in [3.05, 3.63) is 95.4 Å². The predicted molar refractivity (Wildman–Crippen MR) is 120 cm³/mol. The van der Waals surface area contributed by atoms with Gasteiger partial charge in [-0.15, -0.1) is 11.3 Å². The Morgan fingerprint density at radius 3 is 2.42 bits per heavy atom. The Kier molecular flexibility index (Phi) is 6.34. The molecule has 0 atom stereocenters. The van der Waals surface area contributed by atoms with Crippen LogP contribution in [0.25, 0.3) is 0 Å². The van der Waals surface area contributed by atoms with Crippen molar-refractivity contribution in [3.63, 3.8) is 0 Å². The summed E-state index contributed by atoms with van der Waals surface area (Å²) in [7, 11) is 0. The lowest BCUT2D eigenvalue weighted by Gasteiger charge is -2.06. The van der Waals surface area contributed by atoms with E-state index in [9.17, 15) is 9.59 Å². The lowest BCUT2D eigenvalue weighted by molar-refractivity contribution is 0.0955. The Morgan fingerprint density at radius 2 is 1.68 bits per heavy atom. The topological polar surface area (TPSA) is 101 Å². The van der Waals surface area contributed by atoms with Crippen LogP contribution < -0.4 is 16.0 Å². The van der Waals surface area contributed by atoms with Gasteiger partial charge in [0.05, 0.1) is 16.4 Å². The molecule has 0 bridgehead atoms. The molecule has 0 unspecified atom stereocenters. The van der Waals surface area contributed by atoms with Crippen molar-refractivity contribution in [1.82, 2.24) is 20.1 Å². The molecule has 0 aliphatic carbocycles. The van der Waals surface area contributed by atoms with E-state index in [2.05, 4.69) is 26.0 Å². The number of para-hydroxylation sites is 1. The number of thiophene rings is 1. The number of hydrogen-bond donors (Lipinski definition) is 3. The highest BCUT2D eigenvalue weighted by Gasteiger charge is 2.11. The summed E-state index contributed by atoms with van der Waals surface area (Å²) in [6, 6.07) is 20.2. The summed E-state index contributed by atoms with van der Waals surface area (Å²) >= 11 is 1.22. The van der Waals surface area contributed by atoms with E-state index in [0.717, 1.165) is 11.1 Å². The second-order valence-corrected chi connectivity index (χ2v) is 7.79. The maximum atomic E-state index is 12.4. The molecule has 0 fully saturated rings. The molecule has 2 heterocycles. The number of carbonyl (C=O) groups excluding carboxylic acids is 2. The minimum absolute atomic E-state index is 0.187. The first-order valence-electron chi connectivity index (χ1n) is 9.57. The molecule has 0 spiro atoms. The fraction of sp³-hybridized carbons (Fsp3) is 0.0909. The first-order chi connectivity index (χ1) is 15.2. The molecule has 3 amide bonds. The van der Waals surface area contributed by atoms with Gasteiger partial charge in [-0.05, 0) is 35.4 Å². The number of nitrogens with zero attached hydrogens (tertiary/aromatic N) is 3. The maximum absolute atomic E-state index is 12.4. The molecule has 0 saturated heterocycles. The van der Waals surface area contributed by atoms with Crippen LogP contribution >= 0.6 is 11.3 Å². The summed E-state index contributed by atoms with van der Waals surface area (Å²) in [5.74, 6) is -0.187. The molecular formula is C22H20N6O2S. The summed E-state index contributed by atoms with van der Waals surface area (Å²) in [6.07, 6.45) is 3.18. The number of urea groups is 1. The van der Waals surface area contributed by atoms with Crippen LogP contribution in [-0.2, 0) is 13.1 Å². The molecule has 2 aromatic carbocycles.